The van der Waals surface area contributed by atoms with E-state index in [0.717, 1.165) is 17.8 Å². The van der Waals surface area contributed by atoms with Gasteiger partial charge in [0.25, 0.3) is 0 Å². The summed E-state index contributed by atoms with van der Waals surface area (Å²) in [5, 5.41) is 9.77. The molecule has 0 saturated heterocycles. The van der Waals surface area contributed by atoms with Crippen LogP contribution in [0.25, 0.3) is 0 Å². The molecule has 0 radical (unpaired) electrons. The van der Waals surface area contributed by atoms with E-state index in [1.807, 2.05) is 6.92 Å². The Morgan fingerprint density at radius 1 is 1.60 bits per heavy atom. The van der Waals surface area contributed by atoms with Gasteiger partial charge in [-0.1, -0.05) is 13.8 Å². The smallest absolute Gasteiger partial charge is 0.139 e. The van der Waals surface area contributed by atoms with Crippen molar-refractivity contribution in [2.24, 2.45) is 5.92 Å². The van der Waals surface area contributed by atoms with Crippen molar-refractivity contribution in [2.75, 3.05) is 13.2 Å². The highest BCUT2D eigenvalue weighted by atomic mass is 32.2. The van der Waals surface area contributed by atoms with Crippen LogP contribution in [-0.4, -0.2) is 41.9 Å². The first-order valence-corrected chi connectivity index (χ1v) is 7.88. The monoisotopic (exact) mass is 298 g/mol. The Morgan fingerprint density at radius 3 is 2.85 bits per heavy atom. The van der Waals surface area contributed by atoms with Crippen molar-refractivity contribution in [3.05, 3.63) is 23.3 Å². The highest BCUT2D eigenvalue weighted by Gasteiger charge is 2.42. The number of aromatic nitrogens is 2. The van der Waals surface area contributed by atoms with E-state index in [-0.39, 0.29) is 12.4 Å². The summed E-state index contributed by atoms with van der Waals surface area (Å²) in [4.78, 5) is 10.6. The number of nitrogens with zero attached hydrogens (tertiary/aromatic N) is 3. The van der Waals surface area contributed by atoms with Gasteiger partial charge in [-0.2, -0.15) is 0 Å². The van der Waals surface area contributed by atoms with E-state index in [1.54, 1.807) is 6.20 Å². The lowest BCUT2D eigenvalue weighted by molar-refractivity contribution is 0.0434. The summed E-state index contributed by atoms with van der Waals surface area (Å²) in [5.74, 6) is 0.605. The van der Waals surface area contributed by atoms with Crippen molar-refractivity contribution in [2.45, 2.75) is 38.6 Å². The third-order valence-corrected chi connectivity index (χ3v) is 4.17. The van der Waals surface area contributed by atoms with Crippen LogP contribution in [0.3, 0.4) is 0 Å². The van der Waals surface area contributed by atoms with Crippen LogP contribution in [0.1, 0.15) is 37.9 Å². The SMILES string of the molecule is CC(C)CN1Cc2nc(CS(=O)[O-])ncc2C1(C)CO. The normalized spacial score (nSPS) is 24.1. The quantitative estimate of drug-likeness (QED) is 0.798. The van der Waals surface area contributed by atoms with E-state index in [9.17, 15) is 13.9 Å². The maximum atomic E-state index is 10.7. The van der Waals surface area contributed by atoms with Gasteiger partial charge in [0.2, 0.25) is 0 Å². The van der Waals surface area contributed by atoms with E-state index < -0.39 is 16.6 Å². The topological polar surface area (TPSA) is 89.4 Å². The first-order chi connectivity index (χ1) is 9.36. The molecule has 0 aliphatic carbocycles. The van der Waals surface area contributed by atoms with Gasteiger partial charge in [0, 0.05) is 24.8 Å². The molecule has 0 amide bonds. The molecule has 1 aliphatic rings. The lowest BCUT2D eigenvalue weighted by Gasteiger charge is -2.35. The van der Waals surface area contributed by atoms with Crippen molar-refractivity contribution in [3.63, 3.8) is 0 Å². The molecule has 0 bridgehead atoms. The lowest BCUT2D eigenvalue weighted by Crippen LogP contribution is -2.43. The third-order valence-electron chi connectivity index (χ3n) is 3.68. The minimum absolute atomic E-state index is 0.0110. The van der Waals surface area contributed by atoms with Gasteiger partial charge in [-0.3, -0.25) is 9.11 Å². The molecule has 20 heavy (non-hydrogen) atoms. The van der Waals surface area contributed by atoms with Crippen LogP contribution >= 0.6 is 0 Å². The highest BCUT2D eigenvalue weighted by molar-refractivity contribution is 7.78. The third kappa shape index (κ3) is 2.90. The van der Waals surface area contributed by atoms with Crippen LogP contribution < -0.4 is 0 Å². The number of fused-ring (bicyclic) bond motifs is 1. The fraction of sp³-hybridized carbons (Fsp3) is 0.692. The lowest BCUT2D eigenvalue weighted by atomic mass is 9.95. The first kappa shape index (κ1) is 15.5. The van der Waals surface area contributed by atoms with Crippen LogP contribution in [0.2, 0.25) is 0 Å². The molecule has 1 aromatic rings. The average Bonchev–Trinajstić information content (AvgIpc) is 2.61. The molecule has 2 unspecified atom stereocenters. The van der Waals surface area contributed by atoms with E-state index >= 15 is 0 Å². The number of hydrogen-bond donors (Lipinski definition) is 1. The van der Waals surface area contributed by atoms with Gasteiger partial charge in [0.15, 0.2) is 0 Å². The zero-order valence-corrected chi connectivity index (χ0v) is 12.8. The zero-order chi connectivity index (χ0) is 14.9. The van der Waals surface area contributed by atoms with E-state index in [0.29, 0.717) is 18.3 Å². The van der Waals surface area contributed by atoms with Gasteiger partial charge in [-0.05, 0) is 23.9 Å². The summed E-state index contributed by atoms with van der Waals surface area (Å²) in [5.41, 5.74) is 1.22. The van der Waals surface area contributed by atoms with Crippen LogP contribution in [0, 0.1) is 5.92 Å². The van der Waals surface area contributed by atoms with Gasteiger partial charge >= 0.3 is 0 Å². The molecule has 2 rings (SSSR count). The molecule has 1 aromatic heterocycles. The maximum Gasteiger partial charge on any atom is 0.139 e. The van der Waals surface area contributed by atoms with Crippen molar-refractivity contribution >= 4 is 11.1 Å². The summed E-state index contributed by atoms with van der Waals surface area (Å²) < 4.78 is 21.5. The van der Waals surface area contributed by atoms with Crippen molar-refractivity contribution in [1.29, 1.82) is 0 Å². The Labute approximate surface area is 121 Å². The summed E-state index contributed by atoms with van der Waals surface area (Å²) in [6, 6.07) is 0. The van der Waals surface area contributed by atoms with E-state index in [2.05, 4.69) is 28.7 Å². The summed E-state index contributed by atoms with van der Waals surface area (Å²) in [6.07, 6.45) is 1.65. The number of hydrogen-bond acceptors (Lipinski definition) is 6. The summed E-state index contributed by atoms with van der Waals surface area (Å²) in [7, 11) is 0. The minimum Gasteiger partial charge on any atom is -0.772 e. The van der Waals surface area contributed by atoms with Crippen molar-refractivity contribution in [3.8, 4) is 0 Å². The second-order valence-corrected chi connectivity index (χ2v) is 6.70. The predicted octanol–water partition coefficient (Wildman–Crippen LogP) is 0.535. The molecule has 2 atom stereocenters. The fourth-order valence-corrected chi connectivity index (χ4v) is 2.97. The molecule has 1 aliphatic heterocycles. The van der Waals surface area contributed by atoms with E-state index in [1.165, 1.54) is 0 Å². The van der Waals surface area contributed by atoms with Gasteiger partial charge in [0.05, 0.1) is 23.6 Å². The van der Waals surface area contributed by atoms with Crippen LogP contribution in [0.15, 0.2) is 6.20 Å². The molecule has 0 saturated carbocycles. The molecule has 0 aromatic carbocycles. The van der Waals surface area contributed by atoms with E-state index in [4.69, 9.17) is 0 Å². The molecule has 2 heterocycles. The Hall–Kier alpha value is -0.890. The second kappa shape index (κ2) is 5.85. The maximum absolute atomic E-state index is 10.7. The van der Waals surface area contributed by atoms with Gasteiger partial charge < -0.3 is 9.66 Å². The predicted molar refractivity (Wildman–Crippen MR) is 74.3 cm³/mol. The number of aliphatic hydroxyl groups excluding tert-OH is 1. The first-order valence-electron chi connectivity index (χ1n) is 6.64. The highest BCUT2D eigenvalue weighted by Crippen LogP contribution is 2.37. The van der Waals surface area contributed by atoms with Crippen molar-refractivity contribution < 1.29 is 13.9 Å². The number of rotatable bonds is 5. The summed E-state index contributed by atoms with van der Waals surface area (Å²) >= 11 is -2.19. The standard InChI is InChI=1S/C13H21N3O3S/c1-9(2)5-16-6-11-10(13(16,3)8-17)4-14-12(15-11)7-20(18)19/h4,9,17H,5-8H2,1-3H3,(H,18,19)/p-1. The van der Waals surface area contributed by atoms with Crippen LogP contribution in [0.5, 0.6) is 0 Å². The van der Waals surface area contributed by atoms with Gasteiger partial charge in [-0.15, -0.1) is 0 Å². The van der Waals surface area contributed by atoms with Gasteiger partial charge in [-0.25, -0.2) is 9.97 Å². The Bertz CT molecular complexity index is 524. The Balaban J connectivity index is 2.33. The average molecular weight is 298 g/mol. The molecule has 1 N–H and O–H groups in total. The Morgan fingerprint density at radius 2 is 2.30 bits per heavy atom. The molecular formula is C13H20N3O3S-. The molecule has 112 valence electrons. The largest absolute Gasteiger partial charge is 0.772 e. The zero-order valence-electron chi connectivity index (χ0n) is 12.0. The number of aliphatic hydroxyl groups is 1. The van der Waals surface area contributed by atoms with Crippen LogP contribution in [-0.2, 0) is 28.9 Å². The second-order valence-electron chi connectivity index (χ2n) is 5.80. The molecule has 7 heteroatoms. The molecule has 0 fully saturated rings. The fourth-order valence-electron chi connectivity index (χ4n) is 2.62. The summed E-state index contributed by atoms with van der Waals surface area (Å²) in [6.45, 7) is 7.66. The Kier molecular flexibility index (Phi) is 4.53. The molecule has 6 nitrogen and oxygen atoms in total. The van der Waals surface area contributed by atoms with Gasteiger partial charge in [0.1, 0.15) is 5.82 Å². The van der Waals surface area contributed by atoms with Crippen LogP contribution in [0.4, 0.5) is 0 Å². The molecule has 0 spiro atoms. The minimum atomic E-state index is -2.19. The van der Waals surface area contributed by atoms with Crippen molar-refractivity contribution in [1.82, 2.24) is 14.9 Å². The molecular weight excluding hydrogens is 278 g/mol.